The second-order valence-corrected chi connectivity index (χ2v) is 4.50. The predicted octanol–water partition coefficient (Wildman–Crippen LogP) is 1.06. The molecule has 4 heteroatoms. The summed E-state index contributed by atoms with van der Waals surface area (Å²) in [5.41, 5.74) is 3.00. The SMILES string of the molecule is Cc1ncsc1CNC1CC(O)C1. The lowest BCUT2D eigenvalue weighted by Crippen LogP contribution is -2.43. The molecule has 0 aromatic carbocycles. The highest BCUT2D eigenvalue weighted by atomic mass is 32.1. The fourth-order valence-corrected chi connectivity index (χ4v) is 2.22. The van der Waals surface area contributed by atoms with E-state index in [4.69, 9.17) is 5.11 Å². The van der Waals surface area contributed by atoms with Gasteiger partial charge in [-0.1, -0.05) is 0 Å². The molecule has 1 heterocycles. The fraction of sp³-hybridized carbons (Fsp3) is 0.667. The Bertz CT molecular complexity index is 281. The van der Waals surface area contributed by atoms with E-state index in [0.29, 0.717) is 6.04 Å². The Labute approximate surface area is 81.8 Å². The normalized spacial score (nSPS) is 27.2. The second kappa shape index (κ2) is 3.74. The first-order chi connectivity index (χ1) is 6.25. The van der Waals surface area contributed by atoms with Crippen molar-refractivity contribution in [3.05, 3.63) is 16.1 Å². The van der Waals surface area contributed by atoms with Crippen LogP contribution in [0, 0.1) is 6.92 Å². The number of hydrogen-bond donors (Lipinski definition) is 2. The summed E-state index contributed by atoms with van der Waals surface area (Å²) in [6.07, 6.45) is 1.73. The smallest absolute Gasteiger partial charge is 0.0798 e. The molecule has 0 radical (unpaired) electrons. The molecule has 13 heavy (non-hydrogen) atoms. The molecule has 0 atom stereocenters. The highest BCUT2D eigenvalue weighted by molar-refractivity contribution is 7.09. The van der Waals surface area contributed by atoms with Crippen LogP contribution >= 0.6 is 11.3 Å². The first kappa shape index (κ1) is 9.12. The van der Waals surface area contributed by atoms with E-state index >= 15 is 0 Å². The van der Waals surface area contributed by atoms with E-state index < -0.39 is 0 Å². The van der Waals surface area contributed by atoms with Gasteiger partial charge in [-0.15, -0.1) is 11.3 Å². The van der Waals surface area contributed by atoms with Crippen molar-refractivity contribution in [1.82, 2.24) is 10.3 Å². The highest BCUT2D eigenvalue weighted by Crippen LogP contribution is 2.20. The number of aliphatic hydroxyl groups excluding tert-OH is 1. The average Bonchev–Trinajstić information content (AvgIpc) is 2.43. The summed E-state index contributed by atoms with van der Waals surface area (Å²) in [6, 6.07) is 0.511. The molecule has 1 aliphatic rings. The average molecular weight is 198 g/mol. The molecule has 0 aliphatic heterocycles. The van der Waals surface area contributed by atoms with E-state index in [9.17, 15) is 0 Å². The molecule has 3 nitrogen and oxygen atoms in total. The van der Waals surface area contributed by atoms with E-state index in [1.807, 2.05) is 12.4 Å². The molecule has 2 N–H and O–H groups in total. The molecule has 1 aliphatic carbocycles. The van der Waals surface area contributed by atoms with Gasteiger partial charge >= 0.3 is 0 Å². The van der Waals surface area contributed by atoms with E-state index in [0.717, 1.165) is 25.1 Å². The van der Waals surface area contributed by atoms with Crippen molar-refractivity contribution >= 4 is 11.3 Å². The van der Waals surface area contributed by atoms with Crippen molar-refractivity contribution in [3.8, 4) is 0 Å². The van der Waals surface area contributed by atoms with E-state index in [-0.39, 0.29) is 6.10 Å². The molecule has 0 amide bonds. The van der Waals surface area contributed by atoms with Gasteiger partial charge in [0.15, 0.2) is 0 Å². The Hall–Kier alpha value is -0.450. The first-order valence-electron chi connectivity index (χ1n) is 4.56. The lowest BCUT2D eigenvalue weighted by molar-refractivity contribution is 0.0620. The van der Waals surface area contributed by atoms with Crippen LogP contribution in [0.4, 0.5) is 0 Å². The monoisotopic (exact) mass is 198 g/mol. The van der Waals surface area contributed by atoms with Crippen LogP contribution in [0.1, 0.15) is 23.4 Å². The van der Waals surface area contributed by atoms with E-state index in [2.05, 4.69) is 10.3 Å². The van der Waals surface area contributed by atoms with Gasteiger partial charge in [0.05, 0.1) is 17.3 Å². The zero-order chi connectivity index (χ0) is 9.26. The Morgan fingerprint density at radius 1 is 1.69 bits per heavy atom. The summed E-state index contributed by atoms with van der Waals surface area (Å²) >= 11 is 1.69. The molecule has 0 spiro atoms. The third kappa shape index (κ3) is 2.07. The zero-order valence-electron chi connectivity index (χ0n) is 7.66. The van der Waals surface area contributed by atoms with Crippen molar-refractivity contribution in [3.63, 3.8) is 0 Å². The number of hydrogen-bond acceptors (Lipinski definition) is 4. The standard InChI is InChI=1S/C9H14N2OS/c1-6-9(13-5-11-6)4-10-7-2-8(12)3-7/h5,7-8,10,12H,2-4H2,1H3. The Morgan fingerprint density at radius 2 is 2.46 bits per heavy atom. The molecule has 0 bridgehead atoms. The van der Waals surface area contributed by atoms with Crippen LogP contribution in [0.15, 0.2) is 5.51 Å². The van der Waals surface area contributed by atoms with Gasteiger partial charge in [0.1, 0.15) is 0 Å². The van der Waals surface area contributed by atoms with Gasteiger partial charge in [0.2, 0.25) is 0 Å². The molecular formula is C9H14N2OS. The minimum Gasteiger partial charge on any atom is -0.393 e. The van der Waals surface area contributed by atoms with Crippen molar-refractivity contribution in [1.29, 1.82) is 0 Å². The zero-order valence-corrected chi connectivity index (χ0v) is 8.47. The maximum atomic E-state index is 9.08. The Morgan fingerprint density at radius 3 is 3.00 bits per heavy atom. The van der Waals surface area contributed by atoms with Crippen LogP contribution in [0.25, 0.3) is 0 Å². The summed E-state index contributed by atoms with van der Waals surface area (Å²) in [6.45, 7) is 2.93. The second-order valence-electron chi connectivity index (χ2n) is 3.56. The molecule has 72 valence electrons. The fourth-order valence-electron chi connectivity index (χ4n) is 1.49. The molecule has 2 rings (SSSR count). The van der Waals surface area contributed by atoms with Gasteiger partial charge < -0.3 is 10.4 Å². The number of aliphatic hydroxyl groups is 1. The van der Waals surface area contributed by atoms with Crippen molar-refractivity contribution in [2.75, 3.05) is 0 Å². The minimum atomic E-state index is -0.0694. The van der Waals surface area contributed by atoms with Crippen molar-refractivity contribution in [2.45, 2.75) is 38.5 Å². The molecule has 1 saturated carbocycles. The molecule has 1 aromatic heterocycles. The number of thiazole rings is 1. The van der Waals surface area contributed by atoms with E-state index in [1.54, 1.807) is 11.3 Å². The summed E-state index contributed by atoms with van der Waals surface area (Å²) in [4.78, 5) is 5.49. The van der Waals surface area contributed by atoms with Gasteiger partial charge in [0.25, 0.3) is 0 Å². The van der Waals surface area contributed by atoms with Crippen LogP contribution in [0.3, 0.4) is 0 Å². The summed E-state index contributed by atoms with van der Waals surface area (Å²) in [7, 11) is 0. The van der Waals surface area contributed by atoms with Gasteiger partial charge in [0, 0.05) is 17.5 Å². The quantitative estimate of drug-likeness (QED) is 0.763. The van der Waals surface area contributed by atoms with Crippen molar-refractivity contribution in [2.24, 2.45) is 0 Å². The van der Waals surface area contributed by atoms with Gasteiger partial charge in [-0.05, 0) is 19.8 Å². The minimum absolute atomic E-state index is 0.0694. The number of nitrogens with zero attached hydrogens (tertiary/aromatic N) is 1. The Balaban J connectivity index is 1.77. The van der Waals surface area contributed by atoms with Crippen LogP contribution in [0.5, 0.6) is 0 Å². The third-order valence-corrected chi connectivity index (χ3v) is 3.44. The molecule has 0 saturated heterocycles. The van der Waals surface area contributed by atoms with Crippen LogP contribution in [0.2, 0.25) is 0 Å². The topological polar surface area (TPSA) is 45.2 Å². The van der Waals surface area contributed by atoms with Crippen LogP contribution < -0.4 is 5.32 Å². The predicted molar refractivity (Wildman–Crippen MR) is 52.7 cm³/mol. The number of aryl methyl sites for hydroxylation is 1. The molecule has 0 unspecified atom stereocenters. The molecule has 1 fully saturated rings. The van der Waals surface area contributed by atoms with Gasteiger partial charge in [-0.3, -0.25) is 0 Å². The highest BCUT2D eigenvalue weighted by Gasteiger charge is 2.26. The lowest BCUT2D eigenvalue weighted by atomic mass is 9.89. The maximum Gasteiger partial charge on any atom is 0.0798 e. The first-order valence-corrected chi connectivity index (χ1v) is 5.44. The summed E-state index contributed by atoms with van der Waals surface area (Å²) < 4.78 is 0. The maximum absolute atomic E-state index is 9.08. The van der Waals surface area contributed by atoms with Gasteiger partial charge in [-0.25, -0.2) is 4.98 Å². The lowest BCUT2D eigenvalue weighted by Gasteiger charge is -2.32. The summed E-state index contributed by atoms with van der Waals surface area (Å²) in [5.74, 6) is 0. The third-order valence-electron chi connectivity index (χ3n) is 2.51. The molecular weight excluding hydrogens is 184 g/mol. The largest absolute Gasteiger partial charge is 0.393 e. The number of aromatic nitrogens is 1. The number of nitrogens with one attached hydrogen (secondary N) is 1. The van der Waals surface area contributed by atoms with E-state index in [1.165, 1.54) is 4.88 Å². The van der Waals surface area contributed by atoms with Gasteiger partial charge in [-0.2, -0.15) is 0 Å². The van der Waals surface area contributed by atoms with Crippen LogP contribution in [-0.2, 0) is 6.54 Å². The van der Waals surface area contributed by atoms with Crippen LogP contribution in [-0.4, -0.2) is 22.2 Å². The number of rotatable bonds is 3. The summed E-state index contributed by atoms with van der Waals surface area (Å²) in [5, 5.41) is 12.5. The van der Waals surface area contributed by atoms with Crippen molar-refractivity contribution < 1.29 is 5.11 Å². The molecule has 1 aromatic rings. The Kier molecular flexibility index (Phi) is 2.62.